The lowest BCUT2D eigenvalue weighted by molar-refractivity contribution is -0.137. The van der Waals surface area contributed by atoms with Crippen LogP contribution in [0, 0.1) is 0 Å². The van der Waals surface area contributed by atoms with Crippen LogP contribution in [0.3, 0.4) is 0 Å². The van der Waals surface area contributed by atoms with Gasteiger partial charge in [0.25, 0.3) is 0 Å². The molecule has 0 radical (unpaired) electrons. The minimum Gasteiger partial charge on any atom is -0.378 e. The average Bonchev–Trinajstić information content (AvgIpc) is 3.07. The summed E-state index contributed by atoms with van der Waals surface area (Å²) in [6.45, 7) is 4.72. The maximum Gasteiger partial charge on any atom is 0.416 e. The number of nitrogens with zero attached hydrogens (tertiary/aromatic N) is 2. The summed E-state index contributed by atoms with van der Waals surface area (Å²) in [4.78, 5) is 6.52. The second kappa shape index (κ2) is 9.08. The quantitative estimate of drug-likeness (QED) is 0.623. The Kier molecular flexibility index (Phi) is 7.11. The van der Waals surface area contributed by atoms with Gasteiger partial charge in [-0.25, -0.2) is 0 Å². The van der Waals surface area contributed by atoms with E-state index in [4.69, 9.17) is 4.74 Å². The maximum atomic E-state index is 12.6. The van der Waals surface area contributed by atoms with Crippen molar-refractivity contribution in [3.63, 3.8) is 0 Å². The lowest BCUT2D eigenvalue weighted by atomic mass is 10.1. The van der Waals surface area contributed by atoms with Crippen LogP contribution < -0.4 is 5.32 Å². The van der Waals surface area contributed by atoms with Gasteiger partial charge in [-0.15, -0.1) is 0 Å². The fourth-order valence-electron chi connectivity index (χ4n) is 2.80. The molecule has 25 heavy (non-hydrogen) atoms. The molecule has 1 heterocycles. The van der Waals surface area contributed by atoms with Crippen LogP contribution in [0.2, 0.25) is 0 Å². The maximum absolute atomic E-state index is 12.6. The zero-order valence-electron chi connectivity index (χ0n) is 14.8. The van der Waals surface area contributed by atoms with Crippen LogP contribution in [0.4, 0.5) is 13.2 Å². The Labute approximate surface area is 147 Å². The first-order valence-electron chi connectivity index (χ1n) is 8.67. The van der Waals surface area contributed by atoms with Crippen molar-refractivity contribution in [3.05, 3.63) is 35.4 Å². The van der Waals surface area contributed by atoms with Crippen molar-refractivity contribution in [1.82, 2.24) is 10.2 Å². The molecule has 0 saturated carbocycles. The third-order valence-corrected chi connectivity index (χ3v) is 4.13. The molecule has 0 spiro atoms. The normalized spacial score (nSPS) is 18.4. The number of nitrogens with one attached hydrogen (secondary N) is 1. The van der Waals surface area contributed by atoms with Crippen molar-refractivity contribution >= 4 is 5.96 Å². The van der Waals surface area contributed by atoms with Crippen molar-refractivity contribution in [2.75, 3.05) is 26.7 Å². The molecule has 1 unspecified atom stereocenters. The highest BCUT2D eigenvalue weighted by Crippen LogP contribution is 2.29. The van der Waals surface area contributed by atoms with Crippen LogP contribution in [0.1, 0.15) is 37.3 Å². The lowest BCUT2D eigenvalue weighted by Crippen LogP contribution is -2.38. The summed E-state index contributed by atoms with van der Waals surface area (Å²) in [5.41, 5.74) is 0.177. The van der Waals surface area contributed by atoms with Crippen molar-refractivity contribution in [2.24, 2.45) is 4.99 Å². The first-order chi connectivity index (χ1) is 11.9. The van der Waals surface area contributed by atoms with Gasteiger partial charge in [0.2, 0.25) is 0 Å². The largest absolute Gasteiger partial charge is 0.416 e. The van der Waals surface area contributed by atoms with Crippen LogP contribution >= 0.6 is 0 Å². The molecule has 0 bridgehead atoms. The molecule has 0 amide bonds. The van der Waals surface area contributed by atoms with Crippen LogP contribution in [-0.4, -0.2) is 43.7 Å². The summed E-state index contributed by atoms with van der Waals surface area (Å²) < 4.78 is 43.5. The molecule has 2 rings (SSSR count). The lowest BCUT2D eigenvalue weighted by Gasteiger charge is -2.22. The molecule has 1 atom stereocenters. The van der Waals surface area contributed by atoms with Crippen molar-refractivity contribution in [3.8, 4) is 0 Å². The Morgan fingerprint density at radius 2 is 2.04 bits per heavy atom. The third-order valence-electron chi connectivity index (χ3n) is 4.13. The molecule has 1 saturated heterocycles. The number of ether oxygens (including phenoxy) is 1. The van der Waals surface area contributed by atoms with Crippen molar-refractivity contribution in [1.29, 1.82) is 0 Å². The van der Waals surface area contributed by atoms with Gasteiger partial charge >= 0.3 is 6.18 Å². The molecule has 4 nitrogen and oxygen atoms in total. The molecule has 7 heteroatoms. The fourth-order valence-corrected chi connectivity index (χ4v) is 2.80. The van der Waals surface area contributed by atoms with Crippen LogP contribution in [-0.2, 0) is 17.5 Å². The van der Waals surface area contributed by atoms with E-state index >= 15 is 0 Å². The molecule has 1 aliphatic heterocycles. The number of halogens is 3. The van der Waals surface area contributed by atoms with E-state index in [9.17, 15) is 13.2 Å². The zero-order valence-corrected chi connectivity index (χ0v) is 14.8. The molecule has 1 fully saturated rings. The third kappa shape index (κ3) is 6.23. The van der Waals surface area contributed by atoms with E-state index in [0.29, 0.717) is 19.2 Å². The molecule has 0 aromatic heterocycles. The van der Waals surface area contributed by atoms with Crippen molar-refractivity contribution < 1.29 is 17.9 Å². The van der Waals surface area contributed by atoms with Crippen LogP contribution in [0.15, 0.2) is 29.3 Å². The topological polar surface area (TPSA) is 36.9 Å². The second-order valence-electron chi connectivity index (χ2n) is 6.21. The van der Waals surface area contributed by atoms with E-state index in [1.54, 1.807) is 0 Å². The Morgan fingerprint density at radius 3 is 2.60 bits per heavy atom. The molecule has 1 aromatic rings. The summed E-state index contributed by atoms with van der Waals surface area (Å²) in [5.74, 6) is 0.750. The van der Waals surface area contributed by atoms with E-state index in [1.807, 2.05) is 18.9 Å². The highest BCUT2D eigenvalue weighted by atomic mass is 19.4. The summed E-state index contributed by atoms with van der Waals surface area (Å²) in [6, 6.07) is 5.25. The minimum atomic E-state index is -4.30. The van der Waals surface area contributed by atoms with E-state index in [0.717, 1.165) is 56.1 Å². The van der Waals surface area contributed by atoms with E-state index < -0.39 is 11.7 Å². The van der Waals surface area contributed by atoms with Crippen LogP contribution in [0.5, 0.6) is 0 Å². The Balaban J connectivity index is 1.93. The van der Waals surface area contributed by atoms with Gasteiger partial charge in [-0.2, -0.15) is 13.2 Å². The average molecular weight is 357 g/mol. The molecule has 1 aliphatic rings. The number of benzene rings is 1. The standard InChI is InChI=1S/C18H26F3N3O/c1-3-22-17(23-11-10-16-5-4-12-25-16)24(2)13-14-6-8-15(9-7-14)18(19,20)21/h6-9,16H,3-5,10-13H2,1-2H3,(H,22,23). The summed E-state index contributed by atoms with van der Waals surface area (Å²) >= 11 is 0. The van der Waals surface area contributed by atoms with Gasteiger partial charge in [-0.3, -0.25) is 4.99 Å². The number of alkyl halides is 3. The first-order valence-corrected chi connectivity index (χ1v) is 8.67. The number of guanidine groups is 1. The Hall–Kier alpha value is -1.76. The summed E-state index contributed by atoms with van der Waals surface area (Å²) in [5, 5.41) is 3.22. The van der Waals surface area contributed by atoms with Gasteiger partial charge in [0.15, 0.2) is 5.96 Å². The number of rotatable bonds is 6. The zero-order chi connectivity index (χ0) is 18.3. The van der Waals surface area contributed by atoms with Crippen LogP contribution in [0.25, 0.3) is 0 Å². The summed E-state index contributed by atoms with van der Waals surface area (Å²) in [7, 11) is 1.88. The van der Waals surface area contributed by atoms with E-state index in [-0.39, 0.29) is 0 Å². The van der Waals surface area contributed by atoms with Gasteiger partial charge in [0.1, 0.15) is 0 Å². The summed E-state index contributed by atoms with van der Waals surface area (Å²) in [6.07, 6.45) is -0.908. The fraction of sp³-hybridized carbons (Fsp3) is 0.611. The van der Waals surface area contributed by atoms with Gasteiger partial charge in [0, 0.05) is 33.3 Å². The predicted molar refractivity (Wildman–Crippen MR) is 92.5 cm³/mol. The Bertz CT molecular complexity index is 552. The Morgan fingerprint density at radius 1 is 1.32 bits per heavy atom. The molecule has 1 aromatic carbocycles. The smallest absolute Gasteiger partial charge is 0.378 e. The molecular weight excluding hydrogens is 331 g/mol. The first kappa shape index (κ1) is 19.6. The molecule has 0 aliphatic carbocycles. The van der Waals surface area contributed by atoms with E-state index in [1.165, 1.54) is 12.1 Å². The molecule has 1 N–H and O–H groups in total. The van der Waals surface area contributed by atoms with Gasteiger partial charge < -0.3 is 15.0 Å². The number of aliphatic imine (C=N–C) groups is 1. The molecule has 140 valence electrons. The predicted octanol–water partition coefficient (Wildman–Crippen LogP) is 3.67. The minimum absolute atomic E-state index is 0.298. The second-order valence-corrected chi connectivity index (χ2v) is 6.21. The number of hydrogen-bond donors (Lipinski definition) is 1. The van der Waals surface area contributed by atoms with Gasteiger partial charge in [-0.05, 0) is 43.9 Å². The highest BCUT2D eigenvalue weighted by Gasteiger charge is 2.29. The van der Waals surface area contributed by atoms with Gasteiger partial charge in [0.05, 0.1) is 11.7 Å². The van der Waals surface area contributed by atoms with Crippen molar-refractivity contribution in [2.45, 2.75) is 45.0 Å². The van der Waals surface area contributed by atoms with E-state index in [2.05, 4.69) is 10.3 Å². The number of hydrogen-bond acceptors (Lipinski definition) is 2. The molecular formula is C18H26F3N3O. The highest BCUT2D eigenvalue weighted by molar-refractivity contribution is 5.79. The SMILES string of the molecule is CCNC(=NCCC1CCCO1)N(C)Cc1ccc(C(F)(F)F)cc1. The van der Waals surface area contributed by atoms with Gasteiger partial charge in [-0.1, -0.05) is 12.1 Å². The monoisotopic (exact) mass is 357 g/mol.